The molecule has 0 fully saturated rings. The van der Waals surface area contributed by atoms with Crippen LogP contribution < -0.4 is 0 Å². The summed E-state index contributed by atoms with van der Waals surface area (Å²) in [7, 11) is 0. The monoisotopic (exact) mass is 174 g/mol. The Bertz CT molecular complexity index is 446. The fourth-order valence-corrected chi connectivity index (χ4v) is 1.91. The summed E-state index contributed by atoms with van der Waals surface area (Å²) in [5, 5.41) is 0. The lowest BCUT2D eigenvalue weighted by atomic mass is 10.2. The standard InChI is InChI=1S/C9H10N4/c1-2-4-13-7-5-10-6-11-9(7)12-8(13)3-1/h5-6H,1-4H2. The third-order valence-electron chi connectivity index (χ3n) is 2.54. The SMILES string of the molecule is c1ncc2c(n1)nc1n2CCCC1. The lowest BCUT2D eigenvalue weighted by molar-refractivity contribution is 0.532. The minimum absolute atomic E-state index is 0.840. The Hall–Kier alpha value is -1.45. The third kappa shape index (κ3) is 0.946. The fourth-order valence-electron chi connectivity index (χ4n) is 1.91. The van der Waals surface area contributed by atoms with Gasteiger partial charge in [0.1, 0.15) is 17.7 Å². The molecular weight excluding hydrogens is 164 g/mol. The molecule has 0 aliphatic carbocycles. The number of rotatable bonds is 0. The summed E-state index contributed by atoms with van der Waals surface area (Å²) in [5.41, 5.74) is 1.92. The van der Waals surface area contributed by atoms with Crippen molar-refractivity contribution in [3.63, 3.8) is 0 Å². The van der Waals surface area contributed by atoms with Gasteiger partial charge in [0.25, 0.3) is 0 Å². The molecule has 0 saturated heterocycles. The van der Waals surface area contributed by atoms with Crippen molar-refractivity contribution in [2.24, 2.45) is 0 Å². The first-order valence-corrected chi connectivity index (χ1v) is 4.60. The van der Waals surface area contributed by atoms with Crippen LogP contribution in [0.1, 0.15) is 18.7 Å². The van der Waals surface area contributed by atoms with Crippen LogP contribution in [0.3, 0.4) is 0 Å². The smallest absolute Gasteiger partial charge is 0.181 e. The Kier molecular flexibility index (Phi) is 1.36. The molecule has 1 aliphatic heterocycles. The number of fused-ring (bicyclic) bond motifs is 3. The summed E-state index contributed by atoms with van der Waals surface area (Å²) in [6.07, 6.45) is 6.98. The van der Waals surface area contributed by atoms with Crippen molar-refractivity contribution in [2.75, 3.05) is 0 Å². The van der Waals surface area contributed by atoms with Gasteiger partial charge in [0.15, 0.2) is 5.65 Å². The average Bonchev–Trinajstić information content (AvgIpc) is 2.56. The van der Waals surface area contributed by atoms with E-state index >= 15 is 0 Å². The summed E-state index contributed by atoms with van der Waals surface area (Å²) < 4.78 is 2.23. The van der Waals surface area contributed by atoms with Gasteiger partial charge in [-0.25, -0.2) is 15.0 Å². The first-order chi connectivity index (χ1) is 6.45. The summed E-state index contributed by atoms with van der Waals surface area (Å²) in [6.45, 7) is 1.07. The van der Waals surface area contributed by atoms with E-state index in [-0.39, 0.29) is 0 Å². The van der Waals surface area contributed by atoms with Crippen LogP contribution in [0.25, 0.3) is 11.2 Å². The van der Waals surface area contributed by atoms with Crippen molar-refractivity contribution < 1.29 is 0 Å². The maximum atomic E-state index is 4.47. The minimum atomic E-state index is 0.840. The van der Waals surface area contributed by atoms with Gasteiger partial charge >= 0.3 is 0 Å². The van der Waals surface area contributed by atoms with Crippen molar-refractivity contribution in [2.45, 2.75) is 25.8 Å². The molecule has 0 unspecified atom stereocenters. The minimum Gasteiger partial charge on any atom is -0.325 e. The Labute approximate surface area is 75.6 Å². The van der Waals surface area contributed by atoms with E-state index in [0.717, 1.165) is 24.1 Å². The molecule has 0 bridgehead atoms. The molecule has 66 valence electrons. The predicted molar refractivity (Wildman–Crippen MR) is 48.3 cm³/mol. The molecule has 3 rings (SSSR count). The number of hydrogen-bond donors (Lipinski definition) is 0. The van der Waals surface area contributed by atoms with Gasteiger partial charge in [0, 0.05) is 13.0 Å². The van der Waals surface area contributed by atoms with Crippen LogP contribution in [-0.2, 0) is 13.0 Å². The van der Waals surface area contributed by atoms with Gasteiger partial charge < -0.3 is 4.57 Å². The summed E-state index contributed by atoms with van der Waals surface area (Å²) in [5.74, 6) is 1.17. The first-order valence-electron chi connectivity index (χ1n) is 4.60. The largest absolute Gasteiger partial charge is 0.325 e. The van der Waals surface area contributed by atoms with Crippen molar-refractivity contribution in [1.29, 1.82) is 0 Å². The van der Waals surface area contributed by atoms with Gasteiger partial charge in [-0.2, -0.15) is 0 Å². The number of nitrogens with zero attached hydrogens (tertiary/aromatic N) is 4. The second-order valence-corrected chi connectivity index (χ2v) is 3.37. The lowest BCUT2D eigenvalue weighted by Crippen LogP contribution is -2.09. The van der Waals surface area contributed by atoms with E-state index in [4.69, 9.17) is 0 Å². The molecule has 13 heavy (non-hydrogen) atoms. The summed E-state index contributed by atoms with van der Waals surface area (Å²) >= 11 is 0. The van der Waals surface area contributed by atoms with Crippen LogP contribution in [0, 0.1) is 0 Å². The van der Waals surface area contributed by atoms with Crippen molar-refractivity contribution in [3.05, 3.63) is 18.3 Å². The van der Waals surface area contributed by atoms with Crippen molar-refractivity contribution >= 4 is 11.2 Å². The highest BCUT2D eigenvalue weighted by Crippen LogP contribution is 2.19. The topological polar surface area (TPSA) is 43.6 Å². The normalized spacial score (nSPS) is 16.0. The zero-order valence-electron chi connectivity index (χ0n) is 7.27. The highest BCUT2D eigenvalue weighted by atomic mass is 15.1. The molecule has 0 atom stereocenters. The number of aryl methyl sites for hydroxylation is 2. The Morgan fingerprint density at radius 2 is 2.31 bits per heavy atom. The van der Waals surface area contributed by atoms with Gasteiger partial charge in [0.05, 0.1) is 6.20 Å². The van der Waals surface area contributed by atoms with Gasteiger partial charge in [0.2, 0.25) is 0 Å². The lowest BCUT2D eigenvalue weighted by Gasteiger charge is -2.13. The maximum Gasteiger partial charge on any atom is 0.181 e. The molecule has 3 heterocycles. The molecule has 1 aliphatic rings. The van der Waals surface area contributed by atoms with E-state index in [1.165, 1.54) is 18.7 Å². The zero-order valence-corrected chi connectivity index (χ0v) is 7.27. The highest BCUT2D eigenvalue weighted by molar-refractivity contribution is 5.70. The van der Waals surface area contributed by atoms with E-state index in [2.05, 4.69) is 19.5 Å². The fraction of sp³-hybridized carbons (Fsp3) is 0.444. The molecule has 0 aromatic carbocycles. The van der Waals surface area contributed by atoms with Gasteiger partial charge in [-0.05, 0) is 12.8 Å². The van der Waals surface area contributed by atoms with E-state index in [1.54, 1.807) is 6.33 Å². The number of imidazole rings is 1. The van der Waals surface area contributed by atoms with E-state index in [9.17, 15) is 0 Å². The highest BCUT2D eigenvalue weighted by Gasteiger charge is 2.14. The quantitative estimate of drug-likeness (QED) is 0.602. The van der Waals surface area contributed by atoms with Crippen LogP contribution in [0.2, 0.25) is 0 Å². The van der Waals surface area contributed by atoms with Gasteiger partial charge in [-0.15, -0.1) is 0 Å². The average molecular weight is 174 g/mol. The van der Waals surface area contributed by atoms with Crippen LogP contribution in [0.5, 0.6) is 0 Å². The van der Waals surface area contributed by atoms with Crippen LogP contribution in [-0.4, -0.2) is 19.5 Å². The van der Waals surface area contributed by atoms with Crippen LogP contribution >= 0.6 is 0 Å². The molecule has 2 aromatic heterocycles. The van der Waals surface area contributed by atoms with Crippen molar-refractivity contribution in [3.8, 4) is 0 Å². The first kappa shape index (κ1) is 7.00. The predicted octanol–water partition coefficient (Wildman–Crippen LogP) is 1.16. The van der Waals surface area contributed by atoms with Gasteiger partial charge in [-0.3, -0.25) is 0 Å². The molecule has 0 amide bonds. The number of aromatic nitrogens is 4. The molecule has 4 heteroatoms. The van der Waals surface area contributed by atoms with E-state index in [1.807, 2.05) is 6.20 Å². The maximum absolute atomic E-state index is 4.47. The summed E-state index contributed by atoms with van der Waals surface area (Å²) in [6, 6.07) is 0. The molecule has 4 nitrogen and oxygen atoms in total. The Balaban J connectivity index is 2.34. The Morgan fingerprint density at radius 1 is 1.31 bits per heavy atom. The Morgan fingerprint density at radius 3 is 3.31 bits per heavy atom. The molecule has 2 aromatic rings. The summed E-state index contributed by atoms with van der Waals surface area (Å²) in [4.78, 5) is 12.6. The molecule has 0 spiro atoms. The third-order valence-corrected chi connectivity index (χ3v) is 2.54. The van der Waals surface area contributed by atoms with Crippen molar-refractivity contribution in [1.82, 2.24) is 19.5 Å². The second-order valence-electron chi connectivity index (χ2n) is 3.37. The van der Waals surface area contributed by atoms with E-state index < -0.39 is 0 Å². The molecule has 0 saturated carbocycles. The molecular formula is C9H10N4. The van der Waals surface area contributed by atoms with Crippen LogP contribution in [0.15, 0.2) is 12.5 Å². The van der Waals surface area contributed by atoms with E-state index in [0.29, 0.717) is 0 Å². The molecule has 0 radical (unpaired) electrons. The zero-order chi connectivity index (χ0) is 8.67. The molecule has 0 N–H and O–H groups in total. The van der Waals surface area contributed by atoms with Gasteiger partial charge in [-0.1, -0.05) is 0 Å². The number of hydrogen-bond acceptors (Lipinski definition) is 3. The van der Waals surface area contributed by atoms with Crippen LogP contribution in [0.4, 0.5) is 0 Å². The second kappa shape index (κ2) is 2.52.